The lowest BCUT2D eigenvalue weighted by molar-refractivity contribution is -0.917. The Hall–Kier alpha value is 0.210. The summed E-state index contributed by atoms with van der Waals surface area (Å²) in [6, 6.07) is 0. The fourth-order valence-corrected chi connectivity index (χ4v) is 1.73. The van der Waals surface area contributed by atoms with Crippen LogP contribution in [0.15, 0.2) is 0 Å². The van der Waals surface area contributed by atoms with Crippen molar-refractivity contribution in [1.29, 1.82) is 0 Å². The van der Waals surface area contributed by atoms with E-state index >= 15 is 0 Å². The quantitative estimate of drug-likeness (QED) is 0.260. The van der Waals surface area contributed by atoms with Crippen molar-refractivity contribution in [2.45, 2.75) is 19.3 Å². The Balaban J connectivity index is 0.00000169. The highest BCUT2D eigenvalue weighted by atomic mass is 127. The summed E-state index contributed by atoms with van der Waals surface area (Å²) in [5, 5.41) is 0. The Morgan fingerprint density at radius 3 is 2.50 bits per heavy atom. The van der Waals surface area contributed by atoms with Crippen LogP contribution in [0.4, 0.5) is 0 Å². The van der Waals surface area contributed by atoms with Crippen molar-refractivity contribution in [1.82, 2.24) is 0 Å². The zero-order valence-electron chi connectivity index (χ0n) is 8.97. The van der Waals surface area contributed by atoms with E-state index < -0.39 is 0 Å². The van der Waals surface area contributed by atoms with Gasteiger partial charge >= 0.3 is 0 Å². The molecule has 0 aromatic rings. The van der Waals surface area contributed by atoms with E-state index in [1.54, 1.807) is 0 Å². The third-order valence-corrected chi connectivity index (χ3v) is 2.82. The van der Waals surface area contributed by atoms with E-state index in [-0.39, 0.29) is 24.0 Å². The van der Waals surface area contributed by atoms with Crippen molar-refractivity contribution < 1.29 is 33.2 Å². The van der Waals surface area contributed by atoms with Crippen molar-refractivity contribution in [3.05, 3.63) is 0 Å². The molecule has 1 heterocycles. The molecule has 82 valence electrons. The van der Waals surface area contributed by atoms with Crippen LogP contribution in [0.3, 0.4) is 0 Å². The SMILES string of the molecule is C#CCCCC[N+]1(C)CCOCC1.[I-]. The van der Waals surface area contributed by atoms with Crippen molar-refractivity contribution in [3.63, 3.8) is 0 Å². The number of likely N-dealkylation sites (N-methyl/N-ethyl adjacent to an activating group) is 1. The average molecular weight is 309 g/mol. The predicted molar refractivity (Wildman–Crippen MR) is 54.3 cm³/mol. The van der Waals surface area contributed by atoms with Crippen molar-refractivity contribution in [2.24, 2.45) is 0 Å². The summed E-state index contributed by atoms with van der Waals surface area (Å²) in [7, 11) is 2.32. The van der Waals surface area contributed by atoms with Crippen LogP contribution < -0.4 is 24.0 Å². The normalized spacial score (nSPS) is 19.4. The summed E-state index contributed by atoms with van der Waals surface area (Å²) in [5.41, 5.74) is 0. The zero-order valence-corrected chi connectivity index (χ0v) is 11.1. The van der Waals surface area contributed by atoms with Crippen LogP contribution in [0.1, 0.15) is 19.3 Å². The molecule has 0 unspecified atom stereocenters. The minimum Gasteiger partial charge on any atom is -1.00 e. The lowest BCUT2D eigenvalue weighted by Gasteiger charge is -2.37. The Labute approximate surface area is 105 Å². The van der Waals surface area contributed by atoms with E-state index in [2.05, 4.69) is 13.0 Å². The molecule has 0 aliphatic carbocycles. The van der Waals surface area contributed by atoms with Crippen LogP contribution >= 0.6 is 0 Å². The minimum atomic E-state index is 0. The van der Waals surface area contributed by atoms with E-state index in [4.69, 9.17) is 11.2 Å². The molecule has 0 amide bonds. The second-order valence-corrected chi connectivity index (χ2v) is 4.06. The van der Waals surface area contributed by atoms with Crippen LogP contribution in [0.2, 0.25) is 0 Å². The third kappa shape index (κ3) is 5.18. The summed E-state index contributed by atoms with van der Waals surface area (Å²) in [6.07, 6.45) is 8.56. The van der Waals surface area contributed by atoms with Crippen molar-refractivity contribution in [3.8, 4) is 12.3 Å². The summed E-state index contributed by atoms with van der Waals surface area (Å²) in [5.74, 6) is 2.69. The molecule has 0 aromatic heterocycles. The Bertz CT molecular complexity index is 182. The first-order chi connectivity index (χ1) is 6.27. The number of halogens is 1. The van der Waals surface area contributed by atoms with Crippen LogP contribution in [0, 0.1) is 12.3 Å². The fraction of sp³-hybridized carbons (Fsp3) is 0.818. The topological polar surface area (TPSA) is 9.23 Å². The van der Waals surface area contributed by atoms with Gasteiger partial charge in [-0.15, -0.1) is 12.3 Å². The molecule has 0 bridgehead atoms. The fourth-order valence-electron chi connectivity index (χ4n) is 1.73. The van der Waals surface area contributed by atoms with Crippen LogP contribution in [-0.2, 0) is 4.74 Å². The molecule has 1 fully saturated rings. The molecule has 0 spiro atoms. The van der Waals surface area contributed by atoms with Gasteiger partial charge in [-0.1, -0.05) is 0 Å². The summed E-state index contributed by atoms with van der Waals surface area (Å²) < 4.78 is 6.52. The second kappa shape index (κ2) is 7.49. The number of quaternary nitrogens is 1. The number of morpholine rings is 1. The molecule has 1 saturated heterocycles. The van der Waals surface area contributed by atoms with Crippen LogP contribution in [-0.4, -0.2) is 44.4 Å². The number of rotatable bonds is 4. The zero-order chi connectivity index (χ0) is 9.57. The minimum absolute atomic E-state index is 0. The van der Waals surface area contributed by atoms with Crippen LogP contribution in [0.5, 0.6) is 0 Å². The number of terminal acetylenes is 1. The maximum Gasteiger partial charge on any atom is 0.102 e. The van der Waals surface area contributed by atoms with Gasteiger partial charge in [-0.05, 0) is 12.8 Å². The molecule has 0 N–H and O–H groups in total. The van der Waals surface area contributed by atoms with Gasteiger partial charge in [0.25, 0.3) is 0 Å². The maximum atomic E-state index is 5.34. The van der Waals surface area contributed by atoms with E-state index in [0.717, 1.165) is 32.7 Å². The van der Waals surface area contributed by atoms with Crippen molar-refractivity contribution in [2.75, 3.05) is 39.9 Å². The molecule has 1 aliphatic heterocycles. The number of ether oxygens (including phenoxy) is 1. The molecular weight excluding hydrogens is 289 g/mol. The van der Waals surface area contributed by atoms with Gasteiger partial charge in [0, 0.05) is 6.42 Å². The van der Waals surface area contributed by atoms with Gasteiger partial charge in [-0.3, -0.25) is 0 Å². The highest BCUT2D eigenvalue weighted by Crippen LogP contribution is 2.10. The molecule has 1 aliphatic rings. The summed E-state index contributed by atoms with van der Waals surface area (Å²) in [6.45, 7) is 5.43. The number of nitrogens with zero attached hydrogens (tertiary/aromatic N) is 1. The van der Waals surface area contributed by atoms with Gasteiger partial charge in [-0.25, -0.2) is 0 Å². The molecule has 0 radical (unpaired) electrons. The third-order valence-electron chi connectivity index (χ3n) is 2.82. The molecular formula is C11H20INO. The smallest absolute Gasteiger partial charge is 0.102 e. The van der Waals surface area contributed by atoms with Crippen LogP contribution in [0.25, 0.3) is 0 Å². The monoisotopic (exact) mass is 309 g/mol. The van der Waals surface area contributed by atoms with E-state index in [1.807, 2.05) is 0 Å². The number of unbranched alkanes of at least 4 members (excludes halogenated alkanes) is 2. The van der Waals surface area contributed by atoms with Gasteiger partial charge in [0.15, 0.2) is 0 Å². The van der Waals surface area contributed by atoms with Gasteiger partial charge < -0.3 is 33.2 Å². The lowest BCUT2D eigenvalue weighted by Crippen LogP contribution is -3.00. The first kappa shape index (κ1) is 14.2. The van der Waals surface area contributed by atoms with E-state index in [9.17, 15) is 0 Å². The highest BCUT2D eigenvalue weighted by Gasteiger charge is 2.23. The largest absolute Gasteiger partial charge is 1.00 e. The Kier molecular flexibility index (Phi) is 7.61. The predicted octanol–water partition coefficient (Wildman–Crippen LogP) is -1.73. The number of hydrogen-bond donors (Lipinski definition) is 0. The number of hydrogen-bond acceptors (Lipinski definition) is 1. The molecule has 14 heavy (non-hydrogen) atoms. The van der Waals surface area contributed by atoms with Gasteiger partial charge in [0.2, 0.25) is 0 Å². The first-order valence-corrected chi connectivity index (χ1v) is 5.12. The van der Waals surface area contributed by atoms with E-state index in [0.29, 0.717) is 0 Å². The van der Waals surface area contributed by atoms with Gasteiger partial charge in [-0.2, -0.15) is 0 Å². The molecule has 0 saturated carbocycles. The standard InChI is InChI=1S/C11H20NO.HI/c1-3-4-5-6-7-12(2)8-10-13-11-9-12;/h1H,4-11H2,2H3;1H/q+1;/p-1. The summed E-state index contributed by atoms with van der Waals surface area (Å²) in [4.78, 5) is 0. The Morgan fingerprint density at radius 1 is 1.29 bits per heavy atom. The second-order valence-electron chi connectivity index (χ2n) is 4.06. The van der Waals surface area contributed by atoms with Gasteiger partial charge in [0.05, 0.1) is 26.8 Å². The van der Waals surface area contributed by atoms with Gasteiger partial charge in [0.1, 0.15) is 13.1 Å². The van der Waals surface area contributed by atoms with E-state index in [1.165, 1.54) is 23.9 Å². The summed E-state index contributed by atoms with van der Waals surface area (Å²) >= 11 is 0. The molecule has 3 heteroatoms. The van der Waals surface area contributed by atoms with Crippen molar-refractivity contribution >= 4 is 0 Å². The molecule has 0 aromatic carbocycles. The molecule has 1 rings (SSSR count). The molecule has 0 atom stereocenters. The Morgan fingerprint density at radius 2 is 1.93 bits per heavy atom. The maximum absolute atomic E-state index is 5.34. The molecule has 2 nitrogen and oxygen atoms in total. The highest BCUT2D eigenvalue weighted by molar-refractivity contribution is 4.82. The lowest BCUT2D eigenvalue weighted by atomic mass is 10.2. The average Bonchev–Trinajstić information content (AvgIpc) is 2.14. The first-order valence-electron chi connectivity index (χ1n) is 5.12.